The van der Waals surface area contributed by atoms with Crippen molar-refractivity contribution in [3.05, 3.63) is 65.7 Å². The zero-order chi connectivity index (χ0) is 13.8. The van der Waals surface area contributed by atoms with Crippen LogP contribution < -0.4 is 10.2 Å². The van der Waals surface area contributed by atoms with E-state index < -0.39 is 0 Å². The Labute approximate surface area is 121 Å². The van der Waals surface area contributed by atoms with Crippen molar-refractivity contribution in [3.8, 4) is 0 Å². The lowest BCUT2D eigenvalue weighted by molar-refractivity contribution is 0.533. The first-order chi connectivity index (χ1) is 9.88. The van der Waals surface area contributed by atoms with Crippen molar-refractivity contribution >= 4 is 5.69 Å². The van der Waals surface area contributed by atoms with E-state index in [4.69, 9.17) is 0 Å². The Morgan fingerprint density at radius 2 is 1.80 bits per heavy atom. The summed E-state index contributed by atoms with van der Waals surface area (Å²) in [6.45, 7) is 6.42. The van der Waals surface area contributed by atoms with Gasteiger partial charge >= 0.3 is 0 Å². The molecule has 0 saturated heterocycles. The van der Waals surface area contributed by atoms with Crippen LogP contribution in [-0.4, -0.2) is 19.6 Å². The van der Waals surface area contributed by atoms with E-state index in [9.17, 15) is 0 Å². The summed E-state index contributed by atoms with van der Waals surface area (Å²) >= 11 is 0. The number of para-hydroxylation sites is 1. The molecule has 1 aliphatic heterocycles. The van der Waals surface area contributed by atoms with Gasteiger partial charge in [-0.1, -0.05) is 42.5 Å². The van der Waals surface area contributed by atoms with Gasteiger partial charge in [0.15, 0.2) is 0 Å². The number of benzene rings is 2. The minimum absolute atomic E-state index is 0.570. The first kappa shape index (κ1) is 13.2. The maximum Gasteiger partial charge on any atom is 0.0366 e. The van der Waals surface area contributed by atoms with Crippen LogP contribution in [0.2, 0.25) is 0 Å². The van der Waals surface area contributed by atoms with Crippen LogP contribution in [0.3, 0.4) is 0 Å². The van der Waals surface area contributed by atoms with Gasteiger partial charge in [-0.2, -0.15) is 0 Å². The highest BCUT2D eigenvalue weighted by Crippen LogP contribution is 2.26. The summed E-state index contributed by atoms with van der Waals surface area (Å²) in [5.74, 6) is 0.570. The van der Waals surface area contributed by atoms with Gasteiger partial charge in [0.1, 0.15) is 0 Å². The van der Waals surface area contributed by atoms with Gasteiger partial charge in [-0.3, -0.25) is 0 Å². The van der Waals surface area contributed by atoms with Crippen LogP contribution in [0.5, 0.6) is 0 Å². The molecule has 2 nitrogen and oxygen atoms in total. The Morgan fingerprint density at radius 1 is 1.05 bits per heavy atom. The van der Waals surface area contributed by atoms with Gasteiger partial charge in [-0.25, -0.2) is 0 Å². The summed E-state index contributed by atoms with van der Waals surface area (Å²) in [6.07, 6.45) is 0. The molecule has 0 spiro atoms. The average Bonchev–Trinajstić information content (AvgIpc) is 2.53. The molecule has 2 aromatic rings. The molecule has 0 aromatic heterocycles. The molecule has 0 amide bonds. The minimum atomic E-state index is 0.570. The van der Waals surface area contributed by atoms with E-state index in [1.54, 1.807) is 0 Å². The van der Waals surface area contributed by atoms with Crippen LogP contribution in [0.1, 0.15) is 24.0 Å². The predicted molar refractivity (Wildman–Crippen MR) is 85.2 cm³/mol. The number of nitrogens with zero attached hydrogens (tertiary/aromatic N) is 1. The third-order valence-electron chi connectivity index (χ3n) is 4.14. The van der Waals surface area contributed by atoms with E-state index in [2.05, 4.69) is 71.7 Å². The fraction of sp³-hybridized carbons (Fsp3) is 0.333. The Hall–Kier alpha value is -1.80. The number of anilines is 1. The number of rotatable bonds is 4. The maximum absolute atomic E-state index is 3.55. The smallest absolute Gasteiger partial charge is 0.0366 e. The largest absolute Gasteiger partial charge is 0.371 e. The Bertz CT molecular complexity index is 550. The summed E-state index contributed by atoms with van der Waals surface area (Å²) in [7, 11) is 0. The Balaban J connectivity index is 1.81. The third-order valence-corrected chi connectivity index (χ3v) is 4.14. The van der Waals surface area contributed by atoms with Crippen molar-refractivity contribution in [3.63, 3.8) is 0 Å². The molecular weight excluding hydrogens is 244 g/mol. The van der Waals surface area contributed by atoms with Gasteiger partial charge in [0.25, 0.3) is 0 Å². The fourth-order valence-corrected chi connectivity index (χ4v) is 3.07. The summed E-state index contributed by atoms with van der Waals surface area (Å²) in [4.78, 5) is 2.47. The maximum atomic E-state index is 3.55. The van der Waals surface area contributed by atoms with Gasteiger partial charge in [-0.05, 0) is 30.2 Å². The van der Waals surface area contributed by atoms with Crippen LogP contribution in [0.25, 0.3) is 0 Å². The molecule has 0 fully saturated rings. The number of hydrogen-bond donors (Lipinski definition) is 1. The number of likely N-dealkylation sites (N-methyl/N-ethyl adjacent to an activating group) is 1. The molecule has 1 heterocycles. The molecular formula is C18H22N2. The molecule has 1 unspecified atom stereocenters. The Morgan fingerprint density at radius 3 is 2.60 bits per heavy atom. The molecule has 2 aromatic carbocycles. The molecule has 2 heteroatoms. The highest BCUT2D eigenvalue weighted by molar-refractivity contribution is 5.47. The van der Waals surface area contributed by atoms with Crippen LogP contribution in [0.4, 0.5) is 5.69 Å². The van der Waals surface area contributed by atoms with E-state index in [1.807, 2.05) is 0 Å². The number of nitrogens with one attached hydrogen (secondary N) is 1. The number of hydrogen-bond acceptors (Lipinski definition) is 2. The SMILES string of the molecule is CCN(CC1CNCc2ccccc21)c1ccccc1. The van der Waals surface area contributed by atoms with Gasteiger partial charge in [0, 0.05) is 37.8 Å². The lowest BCUT2D eigenvalue weighted by Crippen LogP contribution is -2.36. The standard InChI is InChI=1S/C18H22N2/c1-2-20(17-9-4-3-5-10-17)14-16-13-19-12-15-8-6-7-11-18(15)16/h3-11,16,19H,2,12-14H2,1H3. The van der Waals surface area contributed by atoms with E-state index >= 15 is 0 Å². The van der Waals surface area contributed by atoms with Crippen molar-refractivity contribution in [1.82, 2.24) is 5.32 Å². The summed E-state index contributed by atoms with van der Waals surface area (Å²) in [6, 6.07) is 19.5. The zero-order valence-electron chi connectivity index (χ0n) is 12.0. The molecule has 1 atom stereocenters. The lowest BCUT2D eigenvalue weighted by Gasteiger charge is -2.32. The normalized spacial score (nSPS) is 17.6. The highest BCUT2D eigenvalue weighted by Gasteiger charge is 2.21. The van der Waals surface area contributed by atoms with Crippen molar-refractivity contribution < 1.29 is 0 Å². The third kappa shape index (κ3) is 2.70. The van der Waals surface area contributed by atoms with E-state index in [0.717, 1.165) is 26.2 Å². The van der Waals surface area contributed by atoms with Gasteiger partial charge in [0.05, 0.1) is 0 Å². The monoisotopic (exact) mass is 266 g/mol. The van der Waals surface area contributed by atoms with Crippen LogP contribution in [0.15, 0.2) is 54.6 Å². The lowest BCUT2D eigenvalue weighted by atomic mass is 9.90. The van der Waals surface area contributed by atoms with Gasteiger partial charge in [-0.15, -0.1) is 0 Å². The molecule has 0 saturated carbocycles. The summed E-state index contributed by atoms with van der Waals surface area (Å²) in [5.41, 5.74) is 4.28. The molecule has 104 valence electrons. The topological polar surface area (TPSA) is 15.3 Å². The van der Waals surface area contributed by atoms with Gasteiger partial charge in [0.2, 0.25) is 0 Å². The molecule has 20 heavy (non-hydrogen) atoms. The molecule has 0 bridgehead atoms. The van der Waals surface area contributed by atoms with Crippen molar-refractivity contribution in [1.29, 1.82) is 0 Å². The second-order valence-electron chi connectivity index (χ2n) is 5.40. The molecule has 1 aliphatic rings. The second kappa shape index (κ2) is 6.10. The first-order valence-electron chi connectivity index (χ1n) is 7.47. The zero-order valence-corrected chi connectivity index (χ0v) is 12.0. The highest BCUT2D eigenvalue weighted by atomic mass is 15.1. The fourth-order valence-electron chi connectivity index (χ4n) is 3.07. The van der Waals surface area contributed by atoms with E-state index in [1.165, 1.54) is 16.8 Å². The van der Waals surface area contributed by atoms with Crippen LogP contribution >= 0.6 is 0 Å². The quantitative estimate of drug-likeness (QED) is 0.912. The Kier molecular flexibility index (Phi) is 4.03. The van der Waals surface area contributed by atoms with Crippen molar-refractivity contribution in [2.24, 2.45) is 0 Å². The van der Waals surface area contributed by atoms with E-state index in [-0.39, 0.29) is 0 Å². The minimum Gasteiger partial charge on any atom is -0.371 e. The van der Waals surface area contributed by atoms with Crippen molar-refractivity contribution in [2.75, 3.05) is 24.5 Å². The number of fused-ring (bicyclic) bond motifs is 1. The van der Waals surface area contributed by atoms with Crippen LogP contribution in [-0.2, 0) is 6.54 Å². The predicted octanol–water partition coefficient (Wildman–Crippen LogP) is 3.40. The summed E-state index contributed by atoms with van der Waals surface area (Å²) in [5, 5.41) is 3.55. The molecule has 1 N–H and O–H groups in total. The van der Waals surface area contributed by atoms with E-state index in [0.29, 0.717) is 5.92 Å². The van der Waals surface area contributed by atoms with Gasteiger partial charge < -0.3 is 10.2 Å². The van der Waals surface area contributed by atoms with Crippen molar-refractivity contribution in [2.45, 2.75) is 19.4 Å². The first-order valence-corrected chi connectivity index (χ1v) is 7.47. The summed E-state index contributed by atoms with van der Waals surface area (Å²) < 4.78 is 0. The molecule has 3 rings (SSSR count). The average molecular weight is 266 g/mol. The molecule has 0 radical (unpaired) electrons. The molecule has 0 aliphatic carbocycles. The second-order valence-corrected chi connectivity index (χ2v) is 5.40. The van der Waals surface area contributed by atoms with Crippen LogP contribution in [0, 0.1) is 0 Å².